The minimum absolute atomic E-state index is 0.366. The van der Waals surface area contributed by atoms with Crippen molar-refractivity contribution in [3.63, 3.8) is 0 Å². The summed E-state index contributed by atoms with van der Waals surface area (Å²) in [5.74, 6) is 2.39. The summed E-state index contributed by atoms with van der Waals surface area (Å²) in [6.45, 7) is -0.366. The van der Waals surface area contributed by atoms with Crippen molar-refractivity contribution >= 4 is 0 Å². The molecule has 0 aromatic carbocycles. The fourth-order valence-corrected chi connectivity index (χ4v) is 1.73. The fraction of sp³-hybridized carbons (Fsp3) is 0.500. The van der Waals surface area contributed by atoms with Crippen molar-refractivity contribution in [2.75, 3.05) is 6.61 Å². The Hall–Kier alpha value is -1.39. The minimum Gasteiger partial charge on any atom is -0.394 e. The number of hydrogen-bond acceptors (Lipinski definition) is 5. The molecule has 2 rings (SSSR count). The van der Waals surface area contributed by atoms with Crippen LogP contribution < -0.4 is 0 Å². The van der Waals surface area contributed by atoms with Crippen molar-refractivity contribution in [1.82, 2.24) is 9.55 Å². The van der Waals surface area contributed by atoms with Crippen LogP contribution >= 0.6 is 0 Å². The second-order valence-corrected chi connectivity index (χ2v) is 3.56. The molecule has 4 atom stereocenters. The van der Waals surface area contributed by atoms with Gasteiger partial charge in [-0.2, -0.15) is 0 Å². The van der Waals surface area contributed by atoms with Crippen molar-refractivity contribution in [3.05, 3.63) is 18.2 Å². The van der Waals surface area contributed by atoms with Gasteiger partial charge in [-0.05, 0) is 0 Å². The van der Waals surface area contributed by atoms with E-state index in [-0.39, 0.29) is 6.61 Å². The zero-order chi connectivity index (χ0) is 11.7. The normalized spacial score (nSPS) is 33.9. The Morgan fingerprint density at radius 3 is 2.81 bits per heavy atom. The van der Waals surface area contributed by atoms with Crippen LogP contribution in [0, 0.1) is 12.3 Å². The van der Waals surface area contributed by atoms with Crippen LogP contribution in [0.15, 0.2) is 12.5 Å². The maximum absolute atomic E-state index is 9.75. The van der Waals surface area contributed by atoms with Crippen molar-refractivity contribution in [3.8, 4) is 12.3 Å². The van der Waals surface area contributed by atoms with Gasteiger partial charge >= 0.3 is 0 Å². The van der Waals surface area contributed by atoms with Crippen LogP contribution in [0.1, 0.15) is 11.9 Å². The lowest BCUT2D eigenvalue weighted by Gasteiger charge is -2.16. The van der Waals surface area contributed by atoms with Crippen LogP contribution in [0.4, 0.5) is 0 Å². The molecule has 0 aliphatic carbocycles. The highest BCUT2D eigenvalue weighted by molar-refractivity contribution is 5.23. The topological polar surface area (TPSA) is 87.7 Å². The summed E-state index contributed by atoms with van der Waals surface area (Å²) >= 11 is 0. The number of terminal acetylenes is 1. The van der Waals surface area contributed by atoms with E-state index in [0.717, 1.165) is 0 Å². The Balaban J connectivity index is 2.27. The zero-order valence-corrected chi connectivity index (χ0v) is 8.39. The quantitative estimate of drug-likeness (QED) is 0.531. The molecule has 2 heterocycles. The van der Waals surface area contributed by atoms with Gasteiger partial charge in [-0.25, -0.2) is 4.98 Å². The van der Waals surface area contributed by atoms with E-state index < -0.39 is 24.5 Å². The third-order valence-electron chi connectivity index (χ3n) is 2.61. The summed E-state index contributed by atoms with van der Waals surface area (Å²) in [5, 5.41) is 28.3. The first-order chi connectivity index (χ1) is 7.69. The summed E-state index contributed by atoms with van der Waals surface area (Å²) < 4.78 is 6.75. The molecule has 1 aromatic rings. The summed E-state index contributed by atoms with van der Waals surface area (Å²) in [6, 6.07) is 0. The van der Waals surface area contributed by atoms with Crippen molar-refractivity contribution in [1.29, 1.82) is 0 Å². The molecule has 1 aromatic heterocycles. The van der Waals surface area contributed by atoms with E-state index in [2.05, 4.69) is 10.9 Å². The number of nitrogens with zero attached hydrogens (tertiary/aromatic N) is 2. The molecule has 0 amide bonds. The average molecular weight is 224 g/mol. The molecule has 0 radical (unpaired) electrons. The number of ether oxygens (including phenoxy) is 1. The predicted molar refractivity (Wildman–Crippen MR) is 53.2 cm³/mol. The molecule has 0 unspecified atom stereocenters. The first-order valence-electron chi connectivity index (χ1n) is 4.80. The lowest BCUT2D eigenvalue weighted by atomic mass is 10.1. The molecule has 6 heteroatoms. The highest BCUT2D eigenvalue weighted by Gasteiger charge is 2.43. The number of aliphatic hydroxyl groups is 3. The molecule has 86 valence electrons. The van der Waals surface area contributed by atoms with Gasteiger partial charge in [0.05, 0.1) is 19.1 Å². The molecule has 0 bridgehead atoms. The summed E-state index contributed by atoms with van der Waals surface area (Å²) in [7, 11) is 0. The Morgan fingerprint density at radius 2 is 2.25 bits per heavy atom. The molecule has 6 nitrogen and oxygen atoms in total. The van der Waals surface area contributed by atoms with Crippen molar-refractivity contribution in [2.24, 2.45) is 0 Å². The van der Waals surface area contributed by atoms with Crippen LogP contribution in [0.2, 0.25) is 0 Å². The predicted octanol–water partition coefficient (Wildman–Crippen LogP) is -1.52. The number of rotatable bonds is 2. The van der Waals surface area contributed by atoms with Gasteiger partial charge in [0.2, 0.25) is 0 Å². The first-order valence-corrected chi connectivity index (χ1v) is 4.80. The summed E-state index contributed by atoms with van der Waals surface area (Å²) in [4.78, 5) is 3.83. The van der Waals surface area contributed by atoms with E-state index >= 15 is 0 Å². The average Bonchev–Trinajstić information content (AvgIpc) is 2.86. The summed E-state index contributed by atoms with van der Waals surface area (Å²) in [5.41, 5.74) is 0.440. The smallest absolute Gasteiger partial charge is 0.165 e. The molecule has 3 N–H and O–H groups in total. The fourth-order valence-electron chi connectivity index (χ4n) is 1.73. The molecule has 0 spiro atoms. The Kier molecular flexibility index (Phi) is 2.94. The molecule has 1 aliphatic rings. The van der Waals surface area contributed by atoms with Gasteiger partial charge < -0.3 is 20.1 Å². The van der Waals surface area contributed by atoms with Gasteiger partial charge in [0, 0.05) is 0 Å². The number of aliphatic hydroxyl groups excluding tert-OH is 3. The van der Waals surface area contributed by atoms with Gasteiger partial charge in [-0.15, -0.1) is 6.42 Å². The maximum Gasteiger partial charge on any atom is 0.165 e. The molecule has 1 fully saturated rings. The molecular weight excluding hydrogens is 212 g/mol. The minimum atomic E-state index is -1.14. The van der Waals surface area contributed by atoms with Crippen LogP contribution in [0.5, 0.6) is 0 Å². The van der Waals surface area contributed by atoms with E-state index in [1.165, 1.54) is 17.1 Å². The lowest BCUT2D eigenvalue weighted by Crippen LogP contribution is -2.33. The Morgan fingerprint density at radius 1 is 1.50 bits per heavy atom. The lowest BCUT2D eigenvalue weighted by molar-refractivity contribution is -0.0531. The van der Waals surface area contributed by atoms with E-state index in [4.69, 9.17) is 16.3 Å². The first kappa shape index (κ1) is 11.1. The third-order valence-corrected chi connectivity index (χ3v) is 2.61. The van der Waals surface area contributed by atoms with Gasteiger partial charge in [0.1, 0.15) is 24.0 Å². The molecule has 0 saturated carbocycles. The van der Waals surface area contributed by atoms with E-state index in [1.807, 2.05) is 0 Å². The number of hydrogen-bond donors (Lipinski definition) is 3. The molecular formula is C10H12N2O4. The number of aromatic nitrogens is 2. The highest BCUT2D eigenvalue weighted by atomic mass is 16.6. The second-order valence-electron chi connectivity index (χ2n) is 3.56. The van der Waals surface area contributed by atoms with Crippen LogP contribution in [0.3, 0.4) is 0 Å². The van der Waals surface area contributed by atoms with Gasteiger partial charge in [0.25, 0.3) is 0 Å². The van der Waals surface area contributed by atoms with Crippen LogP contribution in [0.25, 0.3) is 0 Å². The molecule has 1 aliphatic heterocycles. The van der Waals surface area contributed by atoms with E-state index in [1.54, 1.807) is 0 Å². The second kappa shape index (κ2) is 4.23. The van der Waals surface area contributed by atoms with Crippen LogP contribution in [-0.2, 0) is 4.74 Å². The Bertz CT molecular complexity index is 411. The van der Waals surface area contributed by atoms with Gasteiger partial charge in [-0.3, -0.25) is 4.57 Å². The Labute approximate surface area is 92.1 Å². The number of imidazole rings is 1. The van der Waals surface area contributed by atoms with Gasteiger partial charge in [-0.1, -0.05) is 5.92 Å². The maximum atomic E-state index is 9.75. The molecule has 1 saturated heterocycles. The van der Waals surface area contributed by atoms with E-state index in [9.17, 15) is 10.2 Å². The van der Waals surface area contributed by atoms with Gasteiger partial charge in [0.15, 0.2) is 6.23 Å². The largest absolute Gasteiger partial charge is 0.394 e. The van der Waals surface area contributed by atoms with Crippen LogP contribution in [-0.4, -0.2) is 49.8 Å². The standard InChI is InChI=1S/C10H12N2O4/c1-2-6-3-11-5-12(6)10-9(15)8(14)7(4-13)16-10/h1,3,5,7-10,13-15H,4H2/t7-,8-,9-,10-/m1/s1. The SMILES string of the molecule is C#Cc1cncn1[C@@H]1O[C@H](CO)[C@@H](O)[C@H]1O. The molecule has 16 heavy (non-hydrogen) atoms. The zero-order valence-electron chi connectivity index (χ0n) is 8.39. The third kappa shape index (κ3) is 1.60. The monoisotopic (exact) mass is 224 g/mol. The van der Waals surface area contributed by atoms with Crippen molar-refractivity contribution in [2.45, 2.75) is 24.5 Å². The van der Waals surface area contributed by atoms with E-state index in [0.29, 0.717) is 5.69 Å². The highest BCUT2D eigenvalue weighted by Crippen LogP contribution is 2.29. The summed E-state index contributed by atoms with van der Waals surface area (Å²) in [6.07, 6.45) is 4.21. The van der Waals surface area contributed by atoms with Crippen molar-refractivity contribution < 1.29 is 20.1 Å².